The number of aromatic hydroxyl groups is 1. The van der Waals surface area contributed by atoms with E-state index in [-0.39, 0.29) is 0 Å². The van der Waals surface area contributed by atoms with E-state index in [1.165, 1.54) is 5.75 Å². The summed E-state index contributed by atoms with van der Waals surface area (Å²) in [6.07, 6.45) is 2.97. The van der Waals surface area contributed by atoms with Crippen LogP contribution in [0.1, 0.15) is 23.7 Å². The zero-order valence-corrected chi connectivity index (χ0v) is 13.0. The molecule has 22 heavy (non-hydrogen) atoms. The minimum Gasteiger partial charge on any atom is -0.508 e. The molecule has 1 saturated heterocycles. The predicted molar refractivity (Wildman–Crippen MR) is 89.4 cm³/mol. The second-order valence-corrected chi connectivity index (χ2v) is 6.74. The highest BCUT2D eigenvalue weighted by Gasteiger charge is 2.24. The summed E-state index contributed by atoms with van der Waals surface area (Å²) in [5.41, 5.74) is 2.74. The van der Waals surface area contributed by atoms with Gasteiger partial charge in [-0.1, -0.05) is 18.2 Å². The third-order valence-corrected chi connectivity index (χ3v) is 5.31. The fourth-order valence-corrected chi connectivity index (χ4v) is 4.21. The second-order valence-electron chi connectivity index (χ2n) is 5.59. The maximum Gasteiger partial charge on any atom is 0.160 e. The topological polar surface area (TPSA) is 50.9 Å². The van der Waals surface area contributed by atoms with Gasteiger partial charge in [0.05, 0.1) is 6.54 Å². The lowest BCUT2D eigenvalue weighted by Gasteiger charge is -2.13. The third kappa shape index (κ3) is 2.35. The first-order valence-corrected chi connectivity index (χ1v) is 8.64. The van der Waals surface area contributed by atoms with Crippen LogP contribution in [0.3, 0.4) is 0 Å². The van der Waals surface area contributed by atoms with Crippen molar-refractivity contribution in [2.75, 3.05) is 11.5 Å². The predicted octanol–water partition coefficient (Wildman–Crippen LogP) is 3.41. The Morgan fingerprint density at radius 1 is 1.23 bits per heavy atom. The van der Waals surface area contributed by atoms with E-state index in [1.807, 2.05) is 42.1 Å². The summed E-state index contributed by atoms with van der Waals surface area (Å²) in [7, 11) is 0. The maximum absolute atomic E-state index is 10.1. The maximum atomic E-state index is 10.1. The molecule has 5 heteroatoms. The number of nitrogens with zero attached hydrogens (tertiary/aromatic N) is 3. The number of rotatable bonds is 3. The van der Waals surface area contributed by atoms with Crippen LogP contribution in [0.25, 0.3) is 11.2 Å². The van der Waals surface area contributed by atoms with Crippen molar-refractivity contribution < 1.29 is 5.11 Å². The number of phenolic OH excluding ortho intramolecular Hbond substituents is 1. The van der Waals surface area contributed by atoms with Crippen molar-refractivity contribution in [2.24, 2.45) is 0 Å². The van der Waals surface area contributed by atoms with Crippen LogP contribution in [0.5, 0.6) is 5.75 Å². The standard InChI is InChI=1S/C17H17N3OS/c21-15-6-2-1-4-12(15)10-20-16(13-7-9-22-11-13)19-14-5-3-8-18-17(14)20/h1-6,8,13,21H,7,9-11H2. The average Bonchev–Trinajstić information content (AvgIpc) is 3.17. The largest absolute Gasteiger partial charge is 0.508 e. The molecule has 2 aromatic heterocycles. The van der Waals surface area contributed by atoms with Crippen LogP contribution in [0.15, 0.2) is 42.6 Å². The van der Waals surface area contributed by atoms with Crippen molar-refractivity contribution in [3.8, 4) is 5.75 Å². The number of thioether (sulfide) groups is 1. The molecule has 1 N–H and O–H groups in total. The highest BCUT2D eigenvalue weighted by Crippen LogP contribution is 2.34. The normalized spacial score (nSPS) is 18.1. The summed E-state index contributed by atoms with van der Waals surface area (Å²) in [5.74, 6) is 4.21. The van der Waals surface area contributed by atoms with Crippen LogP contribution in [0, 0.1) is 0 Å². The molecule has 1 aliphatic rings. The van der Waals surface area contributed by atoms with Crippen molar-refractivity contribution in [2.45, 2.75) is 18.9 Å². The molecule has 4 rings (SSSR count). The van der Waals surface area contributed by atoms with E-state index in [0.717, 1.165) is 34.7 Å². The third-order valence-electron chi connectivity index (χ3n) is 4.15. The van der Waals surface area contributed by atoms with E-state index in [4.69, 9.17) is 4.98 Å². The molecule has 1 aliphatic heterocycles. The van der Waals surface area contributed by atoms with Gasteiger partial charge >= 0.3 is 0 Å². The first-order chi connectivity index (χ1) is 10.8. The van der Waals surface area contributed by atoms with Gasteiger partial charge in [0.1, 0.15) is 17.1 Å². The zero-order chi connectivity index (χ0) is 14.9. The Hall–Kier alpha value is -2.01. The fraction of sp³-hybridized carbons (Fsp3) is 0.294. The molecule has 3 heterocycles. The Morgan fingerprint density at radius 2 is 2.14 bits per heavy atom. The van der Waals surface area contributed by atoms with Gasteiger partial charge in [-0.15, -0.1) is 0 Å². The van der Waals surface area contributed by atoms with Gasteiger partial charge in [-0.2, -0.15) is 11.8 Å². The second kappa shape index (κ2) is 5.65. The lowest BCUT2D eigenvalue weighted by molar-refractivity contribution is 0.465. The monoisotopic (exact) mass is 311 g/mol. The molecular weight excluding hydrogens is 294 g/mol. The van der Waals surface area contributed by atoms with Gasteiger partial charge in [-0.3, -0.25) is 0 Å². The van der Waals surface area contributed by atoms with Gasteiger partial charge in [0.25, 0.3) is 0 Å². The van der Waals surface area contributed by atoms with Gasteiger partial charge in [-0.25, -0.2) is 9.97 Å². The van der Waals surface area contributed by atoms with Gasteiger partial charge < -0.3 is 9.67 Å². The fourth-order valence-electron chi connectivity index (χ4n) is 3.00. The van der Waals surface area contributed by atoms with E-state index >= 15 is 0 Å². The number of aromatic nitrogens is 3. The molecule has 1 aromatic carbocycles. The number of phenols is 1. The molecule has 0 radical (unpaired) electrons. The van der Waals surface area contributed by atoms with Crippen molar-refractivity contribution in [1.29, 1.82) is 0 Å². The van der Waals surface area contributed by atoms with Crippen LogP contribution < -0.4 is 0 Å². The van der Waals surface area contributed by atoms with Crippen LogP contribution in [0.4, 0.5) is 0 Å². The minimum atomic E-state index is 0.326. The number of fused-ring (bicyclic) bond motifs is 1. The van der Waals surface area contributed by atoms with Crippen molar-refractivity contribution in [1.82, 2.24) is 14.5 Å². The Bertz CT molecular complexity index is 809. The van der Waals surface area contributed by atoms with Crippen molar-refractivity contribution in [3.63, 3.8) is 0 Å². The van der Waals surface area contributed by atoms with Crippen molar-refractivity contribution in [3.05, 3.63) is 54.0 Å². The molecule has 3 aromatic rings. The molecule has 1 unspecified atom stereocenters. The Balaban J connectivity index is 1.83. The summed E-state index contributed by atoms with van der Waals surface area (Å²) in [4.78, 5) is 9.34. The van der Waals surface area contributed by atoms with Crippen LogP contribution in [-0.4, -0.2) is 31.1 Å². The summed E-state index contributed by atoms with van der Waals surface area (Å²) >= 11 is 1.98. The van der Waals surface area contributed by atoms with Gasteiger partial charge in [-0.05, 0) is 30.4 Å². The highest BCUT2D eigenvalue weighted by atomic mass is 32.2. The lowest BCUT2D eigenvalue weighted by Crippen LogP contribution is -2.10. The molecule has 4 nitrogen and oxygen atoms in total. The van der Waals surface area contributed by atoms with Crippen molar-refractivity contribution >= 4 is 22.9 Å². The molecule has 0 amide bonds. The summed E-state index contributed by atoms with van der Waals surface area (Å²) in [6, 6.07) is 11.4. The number of imidazole rings is 1. The smallest absolute Gasteiger partial charge is 0.160 e. The molecule has 1 fully saturated rings. The highest BCUT2D eigenvalue weighted by molar-refractivity contribution is 7.99. The van der Waals surface area contributed by atoms with E-state index in [2.05, 4.69) is 9.55 Å². The molecule has 112 valence electrons. The molecule has 0 bridgehead atoms. The number of hydrogen-bond acceptors (Lipinski definition) is 4. The summed E-state index contributed by atoms with van der Waals surface area (Å²) in [6.45, 7) is 0.608. The van der Waals surface area contributed by atoms with Gasteiger partial charge in [0, 0.05) is 23.4 Å². The lowest BCUT2D eigenvalue weighted by atomic mass is 10.1. The first-order valence-electron chi connectivity index (χ1n) is 7.48. The molecule has 0 aliphatic carbocycles. The summed E-state index contributed by atoms with van der Waals surface area (Å²) < 4.78 is 2.17. The zero-order valence-electron chi connectivity index (χ0n) is 12.1. The van der Waals surface area contributed by atoms with Gasteiger partial charge in [0.2, 0.25) is 0 Å². The molecular formula is C17H17N3OS. The van der Waals surface area contributed by atoms with E-state index < -0.39 is 0 Å². The van der Waals surface area contributed by atoms with Crippen LogP contribution >= 0.6 is 11.8 Å². The van der Waals surface area contributed by atoms with Gasteiger partial charge in [0.15, 0.2) is 5.65 Å². The number of para-hydroxylation sites is 1. The Labute approximate surface area is 133 Å². The van der Waals surface area contributed by atoms with E-state index in [1.54, 1.807) is 12.3 Å². The number of pyridine rings is 1. The average molecular weight is 311 g/mol. The molecule has 0 saturated carbocycles. The Morgan fingerprint density at radius 3 is 2.95 bits per heavy atom. The SMILES string of the molecule is Oc1ccccc1Cn1c(C2CCSC2)nc2cccnc21. The van der Waals surface area contributed by atoms with Crippen LogP contribution in [-0.2, 0) is 6.54 Å². The van der Waals surface area contributed by atoms with E-state index in [9.17, 15) is 5.11 Å². The number of benzene rings is 1. The quantitative estimate of drug-likeness (QED) is 0.805. The minimum absolute atomic E-state index is 0.326. The molecule has 0 spiro atoms. The Kier molecular flexibility index (Phi) is 3.50. The first kappa shape index (κ1) is 13.6. The number of hydrogen-bond donors (Lipinski definition) is 1. The van der Waals surface area contributed by atoms with Crippen LogP contribution in [0.2, 0.25) is 0 Å². The molecule has 1 atom stereocenters. The van der Waals surface area contributed by atoms with E-state index in [0.29, 0.717) is 18.2 Å². The summed E-state index contributed by atoms with van der Waals surface area (Å²) in [5, 5.41) is 10.1.